The lowest BCUT2D eigenvalue weighted by atomic mass is 9.83. The van der Waals surface area contributed by atoms with Crippen LogP contribution in [0.4, 0.5) is 0 Å². The van der Waals surface area contributed by atoms with E-state index in [2.05, 4.69) is 50.6 Å². The number of nitrogens with one attached hydrogen (secondary N) is 3. The Labute approximate surface area is 234 Å². The van der Waals surface area contributed by atoms with Crippen molar-refractivity contribution in [3.8, 4) is 0 Å². The number of allylic oxidation sites excluding steroid dienone is 5. The molecule has 214 valence electrons. The molecule has 1 saturated heterocycles. The van der Waals surface area contributed by atoms with E-state index in [-0.39, 0.29) is 36.7 Å². The Morgan fingerprint density at radius 3 is 2.65 bits per heavy atom. The number of carbonyl (C=O) groups is 3. The zero-order valence-corrected chi connectivity index (χ0v) is 23.2. The predicted molar refractivity (Wildman–Crippen MR) is 149 cm³/mol. The first kappa shape index (κ1) is 29.1. The number of nitrogens with zero attached hydrogens (tertiary/aromatic N) is 5. The lowest BCUT2D eigenvalue weighted by Gasteiger charge is -2.27. The molecule has 0 aromatic rings. The van der Waals surface area contributed by atoms with E-state index < -0.39 is 12.1 Å². The molecule has 1 fully saturated rings. The largest absolute Gasteiger partial charge is 0.342 e. The number of hydrogen-bond acceptors (Lipinski definition) is 8. The summed E-state index contributed by atoms with van der Waals surface area (Å²) in [6.45, 7) is 5.84. The van der Waals surface area contributed by atoms with Crippen molar-refractivity contribution in [2.75, 3.05) is 26.2 Å². The zero-order valence-electron chi connectivity index (χ0n) is 23.2. The Morgan fingerprint density at radius 2 is 1.98 bits per heavy atom. The van der Waals surface area contributed by atoms with Gasteiger partial charge in [0.25, 0.3) is 5.91 Å². The third-order valence-electron chi connectivity index (χ3n) is 7.72. The van der Waals surface area contributed by atoms with Crippen LogP contribution >= 0.6 is 0 Å². The lowest BCUT2D eigenvalue weighted by Crippen LogP contribution is -2.41. The first-order chi connectivity index (χ1) is 19.3. The van der Waals surface area contributed by atoms with Crippen LogP contribution in [0.1, 0.15) is 52.4 Å². The number of rotatable bonds is 9. The fourth-order valence-corrected chi connectivity index (χ4v) is 5.83. The Morgan fingerprint density at radius 1 is 1.20 bits per heavy atom. The molecule has 0 saturated carbocycles. The van der Waals surface area contributed by atoms with E-state index in [4.69, 9.17) is 11.4 Å². The van der Waals surface area contributed by atoms with E-state index in [0.717, 1.165) is 48.2 Å². The summed E-state index contributed by atoms with van der Waals surface area (Å²) in [6.07, 6.45) is 14.3. The standard InChI is InChI=1S/C28H39N9O3/c1-3-10-37(17-26(38)33-35-30)28(40)22-15-21-14-19(7-9-24(21)31-25(16-22)32-34-29)23-8-6-20(13-18(23)2)27(39)36-11-4-5-12-36/h7-8,13-15,20,24-25,31H,3-6,9-12,16-17H2,1-2H3,(H2,29,32)(H2,30,33,38). The van der Waals surface area contributed by atoms with Gasteiger partial charge in [-0.2, -0.15) is 10.6 Å². The first-order valence-electron chi connectivity index (χ1n) is 14.0. The van der Waals surface area contributed by atoms with Gasteiger partial charge in [-0.15, -0.1) is 0 Å². The van der Waals surface area contributed by atoms with Gasteiger partial charge in [-0.3, -0.25) is 19.7 Å². The third kappa shape index (κ3) is 6.79. The van der Waals surface area contributed by atoms with Crippen molar-refractivity contribution in [3.05, 3.63) is 58.2 Å². The molecule has 2 aliphatic carbocycles. The summed E-state index contributed by atoms with van der Waals surface area (Å²) >= 11 is 0. The molecule has 3 atom stereocenters. The van der Waals surface area contributed by atoms with Gasteiger partial charge in [-0.25, -0.2) is 5.43 Å². The van der Waals surface area contributed by atoms with Crippen molar-refractivity contribution in [2.45, 2.75) is 64.6 Å². The van der Waals surface area contributed by atoms with Crippen LogP contribution in [0.15, 0.2) is 73.8 Å². The summed E-state index contributed by atoms with van der Waals surface area (Å²) in [7, 11) is 0. The van der Waals surface area contributed by atoms with E-state index in [1.54, 1.807) is 0 Å². The Balaban J connectivity index is 1.58. The third-order valence-corrected chi connectivity index (χ3v) is 7.72. The highest BCUT2D eigenvalue weighted by Crippen LogP contribution is 2.35. The van der Waals surface area contributed by atoms with E-state index in [1.165, 1.54) is 4.90 Å². The van der Waals surface area contributed by atoms with Crippen molar-refractivity contribution >= 4 is 17.7 Å². The molecule has 12 nitrogen and oxygen atoms in total. The predicted octanol–water partition coefficient (Wildman–Crippen LogP) is 3.00. The fraction of sp³-hybridized carbons (Fsp3) is 0.536. The molecule has 0 spiro atoms. The minimum atomic E-state index is -0.532. The van der Waals surface area contributed by atoms with Crippen molar-refractivity contribution in [1.82, 2.24) is 20.5 Å². The molecule has 0 bridgehead atoms. The molecule has 40 heavy (non-hydrogen) atoms. The van der Waals surface area contributed by atoms with Gasteiger partial charge in [-0.05, 0) is 73.5 Å². The summed E-state index contributed by atoms with van der Waals surface area (Å²) in [5.41, 5.74) is 13.6. The molecular formula is C28H39N9O3. The van der Waals surface area contributed by atoms with Gasteiger partial charge in [0, 0.05) is 37.7 Å². The first-order valence-corrected chi connectivity index (χ1v) is 14.0. The quantitative estimate of drug-likeness (QED) is 0.197. The van der Waals surface area contributed by atoms with Gasteiger partial charge in [-0.1, -0.05) is 35.6 Å². The Hall–Kier alpha value is -3.93. The van der Waals surface area contributed by atoms with Crippen molar-refractivity contribution in [2.24, 2.45) is 27.3 Å². The molecule has 3 unspecified atom stereocenters. The second kappa shape index (κ2) is 13.4. The second-order valence-electron chi connectivity index (χ2n) is 10.6. The monoisotopic (exact) mass is 549 g/mol. The Kier molecular flexibility index (Phi) is 9.75. The summed E-state index contributed by atoms with van der Waals surface area (Å²) in [5, 5.41) is 13.9. The van der Waals surface area contributed by atoms with Crippen LogP contribution in [-0.2, 0) is 14.4 Å². The van der Waals surface area contributed by atoms with Gasteiger partial charge < -0.3 is 15.6 Å². The highest BCUT2D eigenvalue weighted by Gasteiger charge is 2.31. The molecule has 5 N–H and O–H groups in total. The van der Waals surface area contributed by atoms with Gasteiger partial charge in [0.15, 0.2) is 0 Å². The molecule has 12 heteroatoms. The summed E-state index contributed by atoms with van der Waals surface area (Å²) in [6, 6.07) is -0.0902. The number of hydrogen-bond donors (Lipinski definition) is 4. The lowest BCUT2D eigenvalue weighted by molar-refractivity contribution is -0.133. The van der Waals surface area contributed by atoms with Crippen LogP contribution in [0.3, 0.4) is 0 Å². The maximum atomic E-state index is 13.6. The summed E-state index contributed by atoms with van der Waals surface area (Å²) < 4.78 is 0. The van der Waals surface area contributed by atoms with Crippen LogP contribution in [0.25, 0.3) is 0 Å². The molecule has 4 rings (SSSR count). The highest BCUT2D eigenvalue weighted by molar-refractivity contribution is 5.96. The van der Waals surface area contributed by atoms with E-state index in [9.17, 15) is 14.4 Å². The molecule has 0 radical (unpaired) electrons. The second-order valence-corrected chi connectivity index (χ2v) is 10.6. The molecule has 0 aromatic carbocycles. The van der Waals surface area contributed by atoms with E-state index in [1.807, 2.05) is 24.8 Å². The smallest absolute Gasteiger partial charge is 0.261 e. The maximum absolute atomic E-state index is 13.6. The normalized spacial score (nSPS) is 24.6. The van der Waals surface area contributed by atoms with Gasteiger partial charge in [0.1, 0.15) is 12.7 Å². The molecule has 2 heterocycles. The maximum Gasteiger partial charge on any atom is 0.261 e. The average Bonchev–Trinajstić information content (AvgIpc) is 3.41. The van der Waals surface area contributed by atoms with Crippen molar-refractivity contribution in [1.29, 1.82) is 5.53 Å². The van der Waals surface area contributed by atoms with Crippen LogP contribution in [0.2, 0.25) is 0 Å². The number of nitrogens with two attached hydrogens (primary N) is 1. The Bertz CT molecular complexity index is 1210. The van der Waals surface area contributed by atoms with Crippen LogP contribution in [0, 0.1) is 11.4 Å². The van der Waals surface area contributed by atoms with Crippen LogP contribution < -0.4 is 16.6 Å². The SMILES string of the molecule is CCCN(CC(=O)NN=N)C(=O)C1=CC2=CC(C3=CCC(C(=O)N4CCCC4)C=C3C)=CCC2NC(N=NN)C1. The van der Waals surface area contributed by atoms with E-state index in [0.29, 0.717) is 31.4 Å². The molecular weight excluding hydrogens is 510 g/mol. The minimum Gasteiger partial charge on any atom is -0.342 e. The zero-order chi connectivity index (χ0) is 28.6. The number of carbonyl (C=O) groups excluding carboxylic acids is 3. The molecule has 2 aliphatic heterocycles. The van der Waals surface area contributed by atoms with Crippen LogP contribution in [0.5, 0.6) is 0 Å². The summed E-state index contributed by atoms with van der Waals surface area (Å²) in [4.78, 5) is 42.1. The highest BCUT2D eigenvalue weighted by atomic mass is 16.2. The van der Waals surface area contributed by atoms with E-state index >= 15 is 0 Å². The molecule has 4 aliphatic rings. The molecule has 0 aromatic heterocycles. The van der Waals surface area contributed by atoms with Crippen molar-refractivity contribution < 1.29 is 14.4 Å². The topological polar surface area (TPSA) is 169 Å². The van der Waals surface area contributed by atoms with Crippen molar-refractivity contribution in [3.63, 3.8) is 0 Å². The number of fused-ring (bicyclic) bond motifs is 1. The van der Waals surface area contributed by atoms with Gasteiger partial charge in [0.2, 0.25) is 11.8 Å². The van der Waals surface area contributed by atoms with Gasteiger partial charge >= 0.3 is 0 Å². The summed E-state index contributed by atoms with van der Waals surface area (Å²) in [5.74, 6) is 4.64. The minimum absolute atomic E-state index is 0.0902. The number of likely N-dealkylation sites (tertiary alicyclic amines) is 1. The van der Waals surface area contributed by atoms with Gasteiger partial charge in [0.05, 0.1) is 5.92 Å². The molecule has 3 amide bonds. The number of amides is 3. The fourth-order valence-electron chi connectivity index (χ4n) is 5.83. The average molecular weight is 550 g/mol. The van der Waals surface area contributed by atoms with Crippen LogP contribution in [-0.4, -0.2) is 65.9 Å².